The highest BCUT2D eigenvalue weighted by molar-refractivity contribution is 7.90. The van der Waals surface area contributed by atoms with Gasteiger partial charge in [-0.05, 0) is 30.5 Å². The van der Waals surface area contributed by atoms with E-state index in [9.17, 15) is 8.42 Å². The second-order valence-corrected chi connectivity index (χ2v) is 6.92. The van der Waals surface area contributed by atoms with Gasteiger partial charge in [0.15, 0.2) is 9.84 Å². The lowest BCUT2D eigenvalue weighted by atomic mass is 10.2. The van der Waals surface area contributed by atoms with Crippen LogP contribution in [0.15, 0.2) is 34.2 Å². The number of sulfone groups is 1. The molecule has 0 aliphatic carbocycles. The molecule has 19 heavy (non-hydrogen) atoms. The first-order valence-corrected chi connectivity index (χ1v) is 8.51. The van der Waals surface area contributed by atoms with Gasteiger partial charge in [0.25, 0.3) is 0 Å². The fourth-order valence-electron chi connectivity index (χ4n) is 2.08. The van der Waals surface area contributed by atoms with E-state index in [-0.39, 0.29) is 0 Å². The highest BCUT2D eigenvalue weighted by Gasteiger charge is 2.07. The highest BCUT2D eigenvalue weighted by Crippen LogP contribution is 2.11. The molecular formula is C14H20N2O2S. The van der Waals surface area contributed by atoms with Crippen molar-refractivity contribution in [2.24, 2.45) is 4.99 Å². The lowest BCUT2D eigenvalue weighted by Crippen LogP contribution is -2.22. The van der Waals surface area contributed by atoms with Gasteiger partial charge in [-0.1, -0.05) is 18.6 Å². The predicted octanol–water partition coefficient (Wildman–Crippen LogP) is 2.15. The fraction of sp³-hybridized carbons (Fsp3) is 0.500. The van der Waals surface area contributed by atoms with Gasteiger partial charge in [0.05, 0.1) is 10.7 Å². The molecule has 0 spiro atoms. The number of hydrogen-bond acceptors (Lipinski definition) is 4. The summed E-state index contributed by atoms with van der Waals surface area (Å²) in [5, 5.41) is 3.34. The van der Waals surface area contributed by atoms with E-state index < -0.39 is 9.84 Å². The Morgan fingerprint density at radius 1 is 1.16 bits per heavy atom. The van der Waals surface area contributed by atoms with Crippen LogP contribution in [0.4, 0.5) is 0 Å². The molecule has 1 N–H and O–H groups in total. The molecule has 4 nitrogen and oxygen atoms in total. The number of rotatable bonds is 3. The molecule has 1 aromatic carbocycles. The first kappa shape index (κ1) is 14.1. The third-order valence-electron chi connectivity index (χ3n) is 3.22. The van der Waals surface area contributed by atoms with Gasteiger partial charge < -0.3 is 5.32 Å². The standard InChI is InChI=1S/C14H20N2O2S/c1-19(17,18)13-8-6-12(7-9-13)11-16-14-5-3-2-4-10-15-14/h6-9H,2-5,10-11H2,1H3,(H,15,16). The quantitative estimate of drug-likeness (QED) is 0.923. The number of amidine groups is 1. The molecule has 0 amide bonds. The van der Waals surface area contributed by atoms with Crippen molar-refractivity contribution in [3.8, 4) is 0 Å². The maximum atomic E-state index is 11.4. The largest absolute Gasteiger partial charge is 0.370 e. The topological polar surface area (TPSA) is 58.5 Å². The van der Waals surface area contributed by atoms with Crippen LogP contribution in [0.3, 0.4) is 0 Å². The Kier molecular flexibility index (Phi) is 4.58. The van der Waals surface area contributed by atoms with Gasteiger partial charge in [-0.2, -0.15) is 0 Å². The van der Waals surface area contributed by atoms with Crippen molar-refractivity contribution < 1.29 is 8.42 Å². The monoisotopic (exact) mass is 280 g/mol. The van der Waals surface area contributed by atoms with E-state index in [0.29, 0.717) is 11.4 Å². The third kappa shape index (κ3) is 4.35. The van der Waals surface area contributed by atoms with Gasteiger partial charge in [0.1, 0.15) is 0 Å². The molecule has 0 fully saturated rings. The van der Waals surface area contributed by atoms with Crippen LogP contribution in [0.1, 0.15) is 31.2 Å². The lowest BCUT2D eigenvalue weighted by molar-refractivity contribution is 0.602. The summed E-state index contributed by atoms with van der Waals surface area (Å²) in [5.41, 5.74) is 1.07. The number of hydrogen-bond donors (Lipinski definition) is 1. The van der Waals surface area contributed by atoms with E-state index in [2.05, 4.69) is 10.3 Å². The van der Waals surface area contributed by atoms with Gasteiger partial charge >= 0.3 is 0 Å². The van der Waals surface area contributed by atoms with E-state index >= 15 is 0 Å². The Bertz CT molecular complexity index is 547. The van der Waals surface area contributed by atoms with Crippen molar-refractivity contribution in [3.63, 3.8) is 0 Å². The summed E-state index contributed by atoms with van der Waals surface area (Å²) in [6, 6.07) is 7.00. The first-order valence-electron chi connectivity index (χ1n) is 6.62. The zero-order chi connectivity index (χ0) is 13.7. The Morgan fingerprint density at radius 3 is 2.58 bits per heavy atom. The smallest absolute Gasteiger partial charge is 0.175 e. The highest BCUT2D eigenvalue weighted by atomic mass is 32.2. The lowest BCUT2D eigenvalue weighted by Gasteiger charge is -2.08. The van der Waals surface area contributed by atoms with E-state index in [1.165, 1.54) is 25.5 Å². The minimum atomic E-state index is -3.10. The minimum Gasteiger partial charge on any atom is -0.370 e. The van der Waals surface area contributed by atoms with Crippen LogP contribution in [0.25, 0.3) is 0 Å². The van der Waals surface area contributed by atoms with Gasteiger partial charge in [-0.25, -0.2) is 8.42 Å². The molecule has 0 unspecified atom stereocenters. The van der Waals surface area contributed by atoms with Crippen LogP contribution in [-0.2, 0) is 16.4 Å². The van der Waals surface area contributed by atoms with Crippen LogP contribution in [0.2, 0.25) is 0 Å². The van der Waals surface area contributed by atoms with Crippen molar-refractivity contribution in [2.75, 3.05) is 12.8 Å². The second-order valence-electron chi connectivity index (χ2n) is 4.91. The maximum Gasteiger partial charge on any atom is 0.175 e. The molecule has 5 heteroatoms. The number of aliphatic imine (C=N–C) groups is 1. The molecule has 1 aromatic rings. The molecule has 0 aromatic heterocycles. The molecule has 0 saturated heterocycles. The molecule has 0 atom stereocenters. The summed E-state index contributed by atoms with van der Waals surface area (Å²) >= 11 is 0. The Labute approximate surface area is 114 Å². The molecule has 0 bridgehead atoms. The molecule has 0 radical (unpaired) electrons. The molecular weight excluding hydrogens is 260 g/mol. The molecule has 104 valence electrons. The Balaban J connectivity index is 1.94. The van der Waals surface area contributed by atoms with Gasteiger partial charge in [-0.3, -0.25) is 4.99 Å². The summed E-state index contributed by atoms with van der Waals surface area (Å²) in [5.74, 6) is 1.07. The number of nitrogens with one attached hydrogen (secondary N) is 1. The van der Waals surface area contributed by atoms with Gasteiger partial charge in [-0.15, -0.1) is 0 Å². The Morgan fingerprint density at radius 2 is 1.89 bits per heavy atom. The predicted molar refractivity (Wildman–Crippen MR) is 77.2 cm³/mol. The van der Waals surface area contributed by atoms with Crippen molar-refractivity contribution in [3.05, 3.63) is 29.8 Å². The van der Waals surface area contributed by atoms with Crippen LogP contribution in [0, 0.1) is 0 Å². The van der Waals surface area contributed by atoms with E-state index in [1.54, 1.807) is 12.1 Å². The van der Waals surface area contributed by atoms with Crippen LogP contribution < -0.4 is 5.32 Å². The van der Waals surface area contributed by atoms with Crippen molar-refractivity contribution in [1.29, 1.82) is 0 Å². The summed E-state index contributed by atoms with van der Waals surface area (Å²) in [4.78, 5) is 4.87. The minimum absolute atomic E-state index is 0.364. The molecule has 2 rings (SSSR count). The van der Waals surface area contributed by atoms with Crippen molar-refractivity contribution in [2.45, 2.75) is 37.1 Å². The van der Waals surface area contributed by atoms with Crippen molar-refractivity contribution in [1.82, 2.24) is 5.32 Å². The molecule has 1 aliphatic heterocycles. The fourth-order valence-corrected chi connectivity index (χ4v) is 2.71. The van der Waals surface area contributed by atoms with Crippen LogP contribution >= 0.6 is 0 Å². The van der Waals surface area contributed by atoms with Gasteiger partial charge in [0, 0.05) is 25.8 Å². The summed E-state index contributed by atoms with van der Waals surface area (Å²) in [6.07, 6.45) is 5.85. The average Bonchev–Trinajstić information content (AvgIpc) is 2.64. The number of nitrogens with zero attached hydrogens (tertiary/aromatic N) is 1. The van der Waals surface area contributed by atoms with Crippen molar-refractivity contribution >= 4 is 15.7 Å². The molecule has 1 aliphatic rings. The second kappa shape index (κ2) is 6.19. The molecule has 0 saturated carbocycles. The SMILES string of the molecule is CS(=O)(=O)c1ccc(CNC2=NCCCCC2)cc1. The zero-order valence-corrected chi connectivity index (χ0v) is 12.0. The number of benzene rings is 1. The average molecular weight is 280 g/mol. The first-order chi connectivity index (χ1) is 9.05. The molecule has 1 heterocycles. The van der Waals surface area contributed by atoms with E-state index in [1.807, 2.05) is 12.1 Å². The Hall–Kier alpha value is -1.36. The normalized spacial score (nSPS) is 16.6. The maximum absolute atomic E-state index is 11.4. The van der Waals surface area contributed by atoms with Crippen LogP contribution in [0.5, 0.6) is 0 Å². The summed E-state index contributed by atoms with van der Waals surface area (Å²) < 4.78 is 22.7. The summed E-state index contributed by atoms with van der Waals surface area (Å²) in [6.45, 7) is 1.61. The van der Waals surface area contributed by atoms with E-state index in [4.69, 9.17) is 0 Å². The summed E-state index contributed by atoms with van der Waals surface area (Å²) in [7, 11) is -3.10. The third-order valence-corrected chi connectivity index (χ3v) is 4.35. The van der Waals surface area contributed by atoms with E-state index in [0.717, 1.165) is 24.4 Å². The van der Waals surface area contributed by atoms with Gasteiger partial charge in [0.2, 0.25) is 0 Å². The van der Waals surface area contributed by atoms with Crippen LogP contribution in [-0.4, -0.2) is 27.1 Å². The zero-order valence-electron chi connectivity index (χ0n) is 11.2.